The van der Waals surface area contributed by atoms with Gasteiger partial charge >= 0.3 is 0 Å². The van der Waals surface area contributed by atoms with E-state index in [0.29, 0.717) is 0 Å². The first-order valence-corrected chi connectivity index (χ1v) is 5.60. The van der Waals surface area contributed by atoms with E-state index in [0.717, 1.165) is 22.6 Å². The molecule has 0 fully saturated rings. The monoisotopic (exact) mass is 208 g/mol. The molecule has 1 aromatic rings. The maximum absolute atomic E-state index is 11.8. The molecular formula is C11H12O2S. The molecule has 0 bridgehead atoms. The molecule has 1 aliphatic heterocycles. The standard InChI is InChI=1S/C11H12O2S/c1-7-11(12)8-4-3-5-10(13-2)9(8)6-14-7/h3-5,7H,6H2,1-2H3. The molecule has 2 nitrogen and oxygen atoms in total. The van der Waals surface area contributed by atoms with Gasteiger partial charge in [-0.2, -0.15) is 0 Å². The molecule has 74 valence electrons. The fraction of sp³-hybridized carbons (Fsp3) is 0.364. The van der Waals surface area contributed by atoms with Gasteiger partial charge < -0.3 is 4.74 Å². The van der Waals surface area contributed by atoms with Crippen molar-refractivity contribution in [1.29, 1.82) is 0 Å². The van der Waals surface area contributed by atoms with E-state index in [1.165, 1.54) is 0 Å². The normalized spacial score (nSPS) is 20.4. The summed E-state index contributed by atoms with van der Waals surface area (Å²) in [4.78, 5) is 11.8. The lowest BCUT2D eigenvalue weighted by Crippen LogP contribution is -2.20. The first-order valence-electron chi connectivity index (χ1n) is 4.55. The number of hydrogen-bond donors (Lipinski definition) is 0. The Bertz CT molecular complexity index is 374. The van der Waals surface area contributed by atoms with E-state index in [1.54, 1.807) is 18.9 Å². The van der Waals surface area contributed by atoms with E-state index in [9.17, 15) is 4.79 Å². The number of methoxy groups -OCH3 is 1. The van der Waals surface area contributed by atoms with E-state index < -0.39 is 0 Å². The molecule has 0 aromatic heterocycles. The van der Waals surface area contributed by atoms with Crippen LogP contribution in [0.3, 0.4) is 0 Å². The Morgan fingerprint density at radius 1 is 1.50 bits per heavy atom. The number of thioether (sulfide) groups is 1. The second kappa shape index (κ2) is 3.65. The number of Topliss-reactive ketones (excluding diaryl/α,β-unsaturated/α-hetero) is 1. The van der Waals surface area contributed by atoms with Crippen molar-refractivity contribution in [1.82, 2.24) is 0 Å². The number of ketones is 1. The van der Waals surface area contributed by atoms with Gasteiger partial charge in [0.2, 0.25) is 0 Å². The molecule has 14 heavy (non-hydrogen) atoms. The van der Waals surface area contributed by atoms with Crippen LogP contribution in [0.2, 0.25) is 0 Å². The van der Waals surface area contributed by atoms with Crippen LogP contribution in [-0.4, -0.2) is 18.1 Å². The van der Waals surface area contributed by atoms with Crippen LogP contribution in [0.15, 0.2) is 18.2 Å². The minimum atomic E-state index is 0.0783. The van der Waals surface area contributed by atoms with Gasteiger partial charge in [0.05, 0.1) is 12.4 Å². The second-order valence-corrected chi connectivity index (χ2v) is 4.63. The van der Waals surface area contributed by atoms with Crippen molar-refractivity contribution >= 4 is 17.5 Å². The number of benzene rings is 1. The zero-order valence-electron chi connectivity index (χ0n) is 8.24. The van der Waals surface area contributed by atoms with Gasteiger partial charge in [0.15, 0.2) is 5.78 Å². The Labute approximate surface area is 87.6 Å². The molecule has 1 unspecified atom stereocenters. The topological polar surface area (TPSA) is 26.3 Å². The maximum Gasteiger partial charge on any atom is 0.175 e. The third kappa shape index (κ3) is 1.42. The molecule has 0 amide bonds. The lowest BCUT2D eigenvalue weighted by atomic mass is 10.0. The van der Waals surface area contributed by atoms with Gasteiger partial charge in [-0.1, -0.05) is 12.1 Å². The first-order chi connectivity index (χ1) is 6.74. The van der Waals surface area contributed by atoms with Gasteiger partial charge in [0.25, 0.3) is 0 Å². The summed E-state index contributed by atoms with van der Waals surface area (Å²) in [5, 5.41) is 0.0783. The fourth-order valence-corrected chi connectivity index (χ4v) is 2.63. The molecule has 2 rings (SSSR count). The van der Waals surface area contributed by atoms with Gasteiger partial charge in [-0.05, 0) is 13.0 Å². The van der Waals surface area contributed by atoms with Crippen molar-refractivity contribution < 1.29 is 9.53 Å². The van der Waals surface area contributed by atoms with Gasteiger partial charge in [0, 0.05) is 16.9 Å². The van der Waals surface area contributed by atoms with Gasteiger partial charge in [-0.15, -0.1) is 11.8 Å². The Balaban J connectivity index is 2.52. The lowest BCUT2D eigenvalue weighted by Gasteiger charge is -2.21. The molecule has 1 aromatic carbocycles. The van der Waals surface area contributed by atoms with Crippen LogP contribution in [0, 0.1) is 0 Å². The molecule has 0 saturated heterocycles. The minimum absolute atomic E-state index is 0.0783. The second-order valence-electron chi connectivity index (χ2n) is 3.30. The number of fused-ring (bicyclic) bond motifs is 1. The number of ether oxygens (including phenoxy) is 1. The highest BCUT2D eigenvalue weighted by atomic mass is 32.2. The molecule has 1 heterocycles. The summed E-state index contributed by atoms with van der Waals surface area (Å²) >= 11 is 1.67. The predicted octanol–water partition coefficient (Wildman–Crippen LogP) is 2.51. The molecule has 0 radical (unpaired) electrons. The van der Waals surface area contributed by atoms with E-state index >= 15 is 0 Å². The quantitative estimate of drug-likeness (QED) is 0.709. The Morgan fingerprint density at radius 2 is 2.29 bits per heavy atom. The van der Waals surface area contributed by atoms with Crippen molar-refractivity contribution in [2.24, 2.45) is 0 Å². The Kier molecular flexibility index (Phi) is 2.50. The zero-order valence-corrected chi connectivity index (χ0v) is 9.06. The smallest absolute Gasteiger partial charge is 0.175 e. The number of rotatable bonds is 1. The van der Waals surface area contributed by atoms with Crippen LogP contribution >= 0.6 is 11.8 Å². The molecule has 0 saturated carbocycles. The number of carbonyl (C=O) groups is 1. The predicted molar refractivity (Wildman–Crippen MR) is 58.1 cm³/mol. The molecule has 0 spiro atoms. The largest absolute Gasteiger partial charge is 0.496 e. The first kappa shape index (κ1) is 9.59. The van der Waals surface area contributed by atoms with E-state index in [2.05, 4.69) is 0 Å². The van der Waals surface area contributed by atoms with E-state index in [-0.39, 0.29) is 11.0 Å². The van der Waals surface area contributed by atoms with E-state index in [4.69, 9.17) is 4.74 Å². The Morgan fingerprint density at radius 3 is 3.00 bits per heavy atom. The summed E-state index contributed by atoms with van der Waals surface area (Å²) < 4.78 is 5.23. The summed E-state index contributed by atoms with van der Waals surface area (Å²) in [6.45, 7) is 1.95. The molecule has 1 aliphatic rings. The summed E-state index contributed by atoms with van der Waals surface area (Å²) in [6.07, 6.45) is 0. The summed E-state index contributed by atoms with van der Waals surface area (Å²) in [5.41, 5.74) is 1.87. The third-order valence-electron chi connectivity index (χ3n) is 2.47. The molecular weight excluding hydrogens is 196 g/mol. The van der Waals surface area contributed by atoms with E-state index in [1.807, 2.05) is 25.1 Å². The summed E-state index contributed by atoms with van der Waals surface area (Å²) in [5.74, 6) is 1.91. The highest BCUT2D eigenvalue weighted by molar-refractivity contribution is 8.00. The van der Waals surface area contributed by atoms with Crippen molar-refractivity contribution in [3.8, 4) is 5.75 Å². The van der Waals surface area contributed by atoms with Crippen LogP contribution < -0.4 is 4.74 Å². The van der Waals surface area contributed by atoms with Crippen LogP contribution in [-0.2, 0) is 5.75 Å². The third-order valence-corrected chi connectivity index (χ3v) is 3.63. The van der Waals surface area contributed by atoms with Crippen LogP contribution in [0.5, 0.6) is 5.75 Å². The molecule has 1 atom stereocenters. The van der Waals surface area contributed by atoms with Gasteiger partial charge in [0.1, 0.15) is 5.75 Å². The van der Waals surface area contributed by atoms with Crippen LogP contribution in [0.4, 0.5) is 0 Å². The summed E-state index contributed by atoms with van der Waals surface area (Å²) in [7, 11) is 1.64. The summed E-state index contributed by atoms with van der Waals surface area (Å²) in [6, 6.07) is 5.66. The average Bonchev–Trinajstić information content (AvgIpc) is 2.23. The molecule has 3 heteroatoms. The highest BCUT2D eigenvalue weighted by Crippen LogP contribution is 2.35. The molecule has 0 N–H and O–H groups in total. The van der Waals surface area contributed by atoms with Crippen LogP contribution in [0.1, 0.15) is 22.8 Å². The van der Waals surface area contributed by atoms with Crippen molar-refractivity contribution in [2.75, 3.05) is 7.11 Å². The minimum Gasteiger partial charge on any atom is -0.496 e. The van der Waals surface area contributed by atoms with Crippen LogP contribution in [0.25, 0.3) is 0 Å². The number of carbonyl (C=O) groups excluding carboxylic acids is 1. The highest BCUT2D eigenvalue weighted by Gasteiger charge is 2.26. The SMILES string of the molecule is COc1cccc2c1CSC(C)C2=O. The fourth-order valence-electron chi connectivity index (χ4n) is 1.64. The van der Waals surface area contributed by atoms with Gasteiger partial charge in [-0.3, -0.25) is 4.79 Å². The van der Waals surface area contributed by atoms with Crippen molar-refractivity contribution in [3.05, 3.63) is 29.3 Å². The lowest BCUT2D eigenvalue weighted by molar-refractivity contribution is 0.0991. The average molecular weight is 208 g/mol. The maximum atomic E-state index is 11.8. The van der Waals surface area contributed by atoms with Crippen molar-refractivity contribution in [2.45, 2.75) is 17.9 Å². The molecule has 0 aliphatic carbocycles. The van der Waals surface area contributed by atoms with Crippen molar-refractivity contribution in [3.63, 3.8) is 0 Å². The van der Waals surface area contributed by atoms with Gasteiger partial charge in [-0.25, -0.2) is 0 Å². The zero-order chi connectivity index (χ0) is 10.1. The number of hydrogen-bond acceptors (Lipinski definition) is 3. The Hall–Kier alpha value is -0.960.